The van der Waals surface area contributed by atoms with Gasteiger partial charge in [0.2, 0.25) is 11.0 Å². The summed E-state index contributed by atoms with van der Waals surface area (Å²) in [5.74, 6) is 0.184. The number of rotatable bonds is 4. The molecule has 0 saturated carbocycles. The zero-order valence-corrected chi connectivity index (χ0v) is 11.4. The third kappa shape index (κ3) is 3.30. The van der Waals surface area contributed by atoms with Gasteiger partial charge in [-0.3, -0.25) is 10.1 Å². The number of nitro groups is 1. The first-order chi connectivity index (χ1) is 9.09. The quantitative estimate of drug-likeness (QED) is 0.517. The molecule has 0 amide bonds. The Morgan fingerprint density at radius 2 is 2.37 bits per heavy atom. The van der Waals surface area contributed by atoms with Gasteiger partial charge in [-0.05, 0) is 26.4 Å². The zero-order chi connectivity index (χ0) is 13.8. The highest BCUT2D eigenvalue weighted by Crippen LogP contribution is 2.28. The summed E-state index contributed by atoms with van der Waals surface area (Å²) in [6.45, 7) is 1.67. The van der Waals surface area contributed by atoms with Gasteiger partial charge in [-0.25, -0.2) is 9.97 Å². The predicted octanol–water partition coefficient (Wildman–Crippen LogP) is 1.93. The summed E-state index contributed by atoms with van der Waals surface area (Å²) in [5.41, 5.74) is -0.261. The fourth-order valence-corrected chi connectivity index (χ4v) is 2.47. The van der Waals surface area contributed by atoms with Crippen molar-refractivity contribution in [1.82, 2.24) is 14.9 Å². The summed E-state index contributed by atoms with van der Waals surface area (Å²) in [5, 5.41) is 13.8. The van der Waals surface area contributed by atoms with Crippen LogP contribution in [0.25, 0.3) is 0 Å². The molecule has 1 saturated heterocycles. The molecule has 1 atom stereocenters. The number of aromatic nitrogens is 2. The van der Waals surface area contributed by atoms with E-state index in [0.717, 1.165) is 13.0 Å². The lowest BCUT2D eigenvalue weighted by Crippen LogP contribution is -2.40. The number of hydrogen-bond donors (Lipinski definition) is 1. The molecule has 8 heteroatoms. The van der Waals surface area contributed by atoms with Gasteiger partial charge in [0.15, 0.2) is 0 Å². The largest absolute Gasteiger partial charge is 0.363 e. The second-order valence-electron chi connectivity index (χ2n) is 4.63. The van der Waals surface area contributed by atoms with E-state index in [9.17, 15) is 10.1 Å². The van der Waals surface area contributed by atoms with Gasteiger partial charge in [0.25, 0.3) is 0 Å². The minimum absolute atomic E-state index is 0.139. The fraction of sp³-hybridized carbons (Fsp3) is 0.636. The third-order valence-corrected chi connectivity index (χ3v) is 3.66. The van der Waals surface area contributed by atoms with Crippen molar-refractivity contribution in [3.05, 3.63) is 21.6 Å². The Morgan fingerprint density at radius 3 is 3.05 bits per heavy atom. The van der Waals surface area contributed by atoms with Crippen LogP contribution in [0.2, 0.25) is 5.15 Å². The summed E-state index contributed by atoms with van der Waals surface area (Å²) >= 11 is 5.73. The molecular formula is C11H16ClN5O2. The van der Waals surface area contributed by atoms with Crippen molar-refractivity contribution in [3.63, 3.8) is 0 Å². The lowest BCUT2D eigenvalue weighted by molar-refractivity contribution is -0.384. The van der Waals surface area contributed by atoms with E-state index in [1.165, 1.54) is 19.2 Å². The van der Waals surface area contributed by atoms with Gasteiger partial charge in [-0.2, -0.15) is 0 Å². The molecule has 1 aromatic rings. The van der Waals surface area contributed by atoms with Crippen molar-refractivity contribution >= 4 is 23.1 Å². The second kappa shape index (κ2) is 6.12. The Kier molecular flexibility index (Phi) is 4.49. The molecular weight excluding hydrogens is 270 g/mol. The highest BCUT2D eigenvalue weighted by molar-refractivity contribution is 6.31. The van der Waals surface area contributed by atoms with Crippen molar-refractivity contribution in [3.8, 4) is 0 Å². The molecule has 0 spiro atoms. The molecule has 1 aliphatic rings. The Labute approximate surface area is 116 Å². The molecule has 19 heavy (non-hydrogen) atoms. The summed E-state index contributed by atoms with van der Waals surface area (Å²) in [7, 11) is 2.06. The van der Waals surface area contributed by atoms with Crippen LogP contribution in [0.5, 0.6) is 0 Å². The number of piperidine rings is 1. The van der Waals surface area contributed by atoms with E-state index in [0.29, 0.717) is 12.6 Å². The van der Waals surface area contributed by atoms with Gasteiger partial charge in [-0.15, -0.1) is 0 Å². The van der Waals surface area contributed by atoms with E-state index in [2.05, 4.69) is 27.2 Å². The van der Waals surface area contributed by atoms with E-state index in [-0.39, 0.29) is 16.7 Å². The van der Waals surface area contributed by atoms with Crippen molar-refractivity contribution in [2.75, 3.05) is 25.5 Å². The van der Waals surface area contributed by atoms with Crippen LogP contribution in [-0.4, -0.2) is 46.0 Å². The van der Waals surface area contributed by atoms with Gasteiger partial charge in [0, 0.05) is 12.6 Å². The van der Waals surface area contributed by atoms with Crippen LogP contribution in [0.3, 0.4) is 0 Å². The lowest BCUT2D eigenvalue weighted by Gasteiger charge is -2.32. The maximum atomic E-state index is 10.9. The van der Waals surface area contributed by atoms with Crippen molar-refractivity contribution in [2.24, 2.45) is 0 Å². The Balaban J connectivity index is 2.07. The number of likely N-dealkylation sites (tertiary alicyclic amines) is 1. The first-order valence-corrected chi connectivity index (χ1v) is 6.56. The number of anilines is 1. The standard InChI is InChI=1S/C11H16ClN5O2/c1-16-5-3-2-4-8(16)6-13-11-9(17(18)19)10(12)14-7-15-11/h7-8H,2-6H2,1H3,(H,13,14,15). The number of likely N-dealkylation sites (N-methyl/N-ethyl adjacent to an activating group) is 1. The average molecular weight is 286 g/mol. The molecule has 0 aliphatic carbocycles. The summed E-state index contributed by atoms with van der Waals surface area (Å²) in [4.78, 5) is 20.2. The first-order valence-electron chi connectivity index (χ1n) is 6.18. The average Bonchev–Trinajstić information content (AvgIpc) is 2.37. The van der Waals surface area contributed by atoms with Gasteiger partial charge in [-0.1, -0.05) is 18.0 Å². The second-order valence-corrected chi connectivity index (χ2v) is 4.99. The molecule has 1 unspecified atom stereocenters. The SMILES string of the molecule is CN1CCCCC1CNc1ncnc(Cl)c1[N+](=O)[O-]. The maximum absolute atomic E-state index is 10.9. The molecule has 104 valence electrons. The summed E-state index contributed by atoms with van der Waals surface area (Å²) in [6.07, 6.45) is 4.69. The topological polar surface area (TPSA) is 84.2 Å². The summed E-state index contributed by atoms with van der Waals surface area (Å²) < 4.78 is 0. The van der Waals surface area contributed by atoms with Crippen LogP contribution in [0.15, 0.2) is 6.33 Å². The first kappa shape index (κ1) is 14.0. The molecule has 1 aliphatic heterocycles. The Bertz CT molecular complexity index is 470. The smallest absolute Gasteiger partial charge is 0.348 e. The molecule has 2 rings (SSSR count). The van der Waals surface area contributed by atoms with Crippen LogP contribution in [0.4, 0.5) is 11.5 Å². The number of nitrogens with zero attached hydrogens (tertiary/aromatic N) is 4. The van der Waals surface area contributed by atoms with Crippen LogP contribution >= 0.6 is 11.6 Å². The molecule has 7 nitrogen and oxygen atoms in total. The fourth-order valence-electron chi connectivity index (χ4n) is 2.26. The Morgan fingerprint density at radius 1 is 1.58 bits per heavy atom. The van der Waals surface area contributed by atoms with E-state index in [1.807, 2.05) is 0 Å². The van der Waals surface area contributed by atoms with Gasteiger partial charge < -0.3 is 10.2 Å². The van der Waals surface area contributed by atoms with Gasteiger partial charge in [0.05, 0.1) is 4.92 Å². The van der Waals surface area contributed by atoms with Crippen LogP contribution in [0, 0.1) is 10.1 Å². The van der Waals surface area contributed by atoms with Crippen LogP contribution in [-0.2, 0) is 0 Å². The van der Waals surface area contributed by atoms with Gasteiger partial charge in [0.1, 0.15) is 6.33 Å². The maximum Gasteiger partial charge on any atom is 0.348 e. The van der Waals surface area contributed by atoms with Crippen molar-refractivity contribution in [1.29, 1.82) is 0 Å². The van der Waals surface area contributed by atoms with E-state index in [1.54, 1.807) is 0 Å². The monoisotopic (exact) mass is 285 g/mol. The summed E-state index contributed by atoms with van der Waals surface area (Å²) in [6, 6.07) is 0.363. The molecule has 0 bridgehead atoms. The van der Waals surface area contributed by atoms with Crippen molar-refractivity contribution in [2.45, 2.75) is 25.3 Å². The Hall–Kier alpha value is -1.47. The molecule has 0 aromatic carbocycles. The predicted molar refractivity (Wildman–Crippen MR) is 72.5 cm³/mol. The lowest BCUT2D eigenvalue weighted by atomic mass is 10.0. The number of nitrogens with one attached hydrogen (secondary N) is 1. The highest BCUT2D eigenvalue weighted by atomic mass is 35.5. The van der Waals surface area contributed by atoms with Crippen LogP contribution in [0.1, 0.15) is 19.3 Å². The molecule has 1 N–H and O–H groups in total. The number of hydrogen-bond acceptors (Lipinski definition) is 6. The highest BCUT2D eigenvalue weighted by Gasteiger charge is 2.24. The minimum atomic E-state index is -0.560. The van der Waals surface area contributed by atoms with Crippen LogP contribution < -0.4 is 5.32 Å². The van der Waals surface area contributed by atoms with E-state index >= 15 is 0 Å². The third-order valence-electron chi connectivity index (χ3n) is 3.39. The molecule has 0 radical (unpaired) electrons. The molecule has 2 heterocycles. The van der Waals surface area contributed by atoms with E-state index < -0.39 is 4.92 Å². The minimum Gasteiger partial charge on any atom is -0.363 e. The zero-order valence-electron chi connectivity index (χ0n) is 10.7. The number of halogens is 1. The van der Waals surface area contributed by atoms with Gasteiger partial charge >= 0.3 is 5.69 Å². The molecule has 1 aromatic heterocycles. The van der Waals surface area contributed by atoms with Crippen molar-refractivity contribution < 1.29 is 4.92 Å². The van der Waals surface area contributed by atoms with E-state index in [4.69, 9.17) is 11.6 Å². The molecule has 1 fully saturated rings. The normalized spacial score (nSPS) is 20.2.